The second-order valence-corrected chi connectivity index (χ2v) is 6.45. The molecule has 0 aliphatic heterocycles. The van der Waals surface area contributed by atoms with Gasteiger partial charge in [0.1, 0.15) is 5.54 Å². The summed E-state index contributed by atoms with van der Waals surface area (Å²) < 4.78 is 0.750. The fourth-order valence-corrected chi connectivity index (χ4v) is 2.95. The van der Waals surface area contributed by atoms with E-state index in [4.69, 9.17) is 11.6 Å². The van der Waals surface area contributed by atoms with Crippen LogP contribution in [0.15, 0.2) is 22.7 Å². The summed E-state index contributed by atoms with van der Waals surface area (Å²) >= 11 is 9.30. The van der Waals surface area contributed by atoms with Gasteiger partial charge in [-0.05, 0) is 47.0 Å². The van der Waals surface area contributed by atoms with E-state index >= 15 is 0 Å². The first kappa shape index (κ1) is 15.3. The molecular formula is C15H16BrClN2O. The van der Waals surface area contributed by atoms with Gasteiger partial charge in [-0.3, -0.25) is 4.79 Å². The highest BCUT2D eigenvalue weighted by Crippen LogP contribution is 2.28. The van der Waals surface area contributed by atoms with Crippen LogP contribution in [0.5, 0.6) is 0 Å². The van der Waals surface area contributed by atoms with Gasteiger partial charge in [-0.25, -0.2) is 0 Å². The molecule has 1 aliphatic carbocycles. The van der Waals surface area contributed by atoms with Gasteiger partial charge in [0.25, 0.3) is 5.91 Å². The molecule has 1 aromatic carbocycles. The highest BCUT2D eigenvalue weighted by Gasteiger charge is 2.32. The number of halogens is 2. The Bertz CT molecular complexity index is 545. The van der Waals surface area contributed by atoms with Gasteiger partial charge < -0.3 is 5.32 Å². The monoisotopic (exact) mass is 354 g/mol. The number of amides is 1. The topological polar surface area (TPSA) is 52.9 Å². The molecular weight excluding hydrogens is 340 g/mol. The van der Waals surface area contributed by atoms with Crippen LogP contribution in [0, 0.1) is 11.3 Å². The Hall–Kier alpha value is -1.05. The first-order valence-electron chi connectivity index (χ1n) is 6.75. The lowest BCUT2D eigenvalue weighted by Gasteiger charge is -2.26. The van der Waals surface area contributed by atoms with Gasteiger partial charge in [0.05, 0.1) is 11.1 Å². The molecule has 1 amide bonds. The number of carbonyl (C=O) groups excluding carboxylic acids is 1. The highest BCUT2D eigenvalue weighted by molar-refractivity contribution is 9.10. The Balaban J connectivity index is 2.16. The fraction of sp³-hybridized carbons (Fsp3) is 0.467. The van der Waals surface area contributed by atoms with Crippen molar-refractivity contribution >= 4 is 33.4 Å². The van der Waals surface area contributed by atoms with E-state index in [1.807, 2.05) is 0 Å². The molecule has 0 atom stereocenters. The lowest BCUT2D eigenvalue weighted by Crippen LogP contribution is -2.47. The SMILES string of the molecule is N#CC1(NC(=O)c2ccc(Br)c(Cl)c2)CCCCCC1. The molecule has 0 saturated heterocycles. The number of nitriles is 1. The average molecular weight is 356 g/mol. The Morgan fingerprint density at radius 1 is 1.30 bits per heavy atom. The van der Waals surface area contributed by atoms with E-state index in [9.17, 15) is 10.1 Å². The second-order valence-electron chi connectivity index (χ2n) is 5.19. The van der Waals surface area contributed by atoms with Gasteiger partial charge in [0.2, 0.25) is 0 Å². The van der Waals surface area contributed by atoms with Crippen LogP contribution in [0.2, 0.25) is 5.02 Å². The zero-order valence-corrected chi connectivity index (χ0v) is 13.4. The molecule has 1 N–H and O–H groups in total. The van der Waals surface area contributed by atoms with Crippen LogP contribution in [0.3, 0.4) is 0 Å². The summed E-state index contributed by atoms with van der Waals surface area (Å²) in [5.74, 6) is -0.233. The van der Waals surface area contributed by atoms with Crippen LogP contribution in [-0.4, -0.2) is 11.4 Å². The molecule has 1 saturated carbocycles. The van der Waals surface area contributed by atoms with Gasteiger partial charge in [0, 0.05) is 10.0 Å². The lowest BCUT2D eigenvalue weighted by molar-refractivity contribution is 0.0913. The summed E-state index contributed by atoms with van der Waals surface area (Å²) in [5, 5.41) is 12.9. The summed E-state index contributed by atoms with van der Waals surface area (Å²) in [6.45, 7) is 0. The van der Waals surface area contributed by atoms with E-state index in [-0.39, 0.29) is 5.91 Å². The largest absolute Gasteiger partial charge is 0.334 e. The van der Waals surface area contributed by atoms with Crippen molar-refractivity contribution in [1.29, 1.82) is 5.26 Å². The third-order valence-corrected chi connectivity index (χ3v) is 4.94. The zero-order valence-electron chi connectivity index (χ0n) is 11.1. The first-order valence-corrected chi connectivity index (χ1v) is 7.92. The highest BCUT2D eigenvalue weighted by atomic mass is 79.9. The van der Waals surface area contributed by atoms with Gasteiger partial charge >= 0.3 is 0 Å². The maximum Gasteiger partial charge on any atom is 0.252 e. The predicted octanol–water partition coefficient (Wildman–Crippen LogP) is 4.45. The van der Waals surface area contributed by atoms with E-state index in [1.54, 1.807) is 18.2 Å². The summed E-state index contributed by atoms with van der Waals surface area (Å²) in [6.07, 6.45) is 5.66. The van der Waals surface area contributed by atoms with Gasteiger partial charge in [0.15, 0.2) is 0 Å². The summed E-state index contributed by atoms with van der Waals surface area (Å²) in [6, 6.07) is 7.36. The van der Waals surface area contributed by atoms with E-state index in [1.165, 1.54) is 0 Å². The Morgan fingerprint density at radius 2 is 1.95 bits per heavy atom. The Kier molecular flexibility index (Phi) is 5.06. The molecule has 3 nitrogen and oxygen atoms in total. The number of benzene rings is 1. The number of carbonyl (C=O) groups is 1. The van der Waals surface area contributed by atoms with Crippen molar-refractivity contribution in [1.82, 2.24) is 5.32 Å². The minimum atomic E-state index is -0.729. The van der Waals surface area contributed by atoms with Crippen molar-refractivity contribution in [3.05, 3.63) is 33.3 Å². The van der Waals surface area contributed by atoms with Crippen molar-refractivity contribution in [2.45, 2.75) is 44.1 Å². The van der Waals surface area contributed by atoms with Crippen molar-refractivity contribution in [3.8, 4) is 6.07 Å². The fourth-order valence-electron chi connectivity index (χ4n) is 2.52. The molecule has 1 aliphatic rings. The van der Waals surface area contributed by atoms with Crippen LogP contribution < -0.4 is 5.32 Å². The molecule has 106 valence electrons. The average Bonchev–Trinajstić information content (AvgIpc) is 2.68. The van der Waals surface area contributed by atoms with Crippen LogP contribution in [0.25, 0.3) is 0 Å². The minimum absolute atomic E-state index is 0.233. The van der Waals surface area contributed by atoms with Crippen molar-refractivity contribution in [2.24, 2.45) is 0 Å². The van der Waals surface area contributed by atoms with E-state index in [0.29, 0.717) is 10.6 Å². The number of nitrogens with one attached hydrogen (secondary N) is 1. The molecule has 0 spiro atoms. The molecule has 20 heavy (non-hydrogen) atoms. The third-order valence-electron chi connectivity index (χ3n) is 3.71. The maximum atomic E-state index is 12.3. The number of rotatable bonds is 2. The second kappa shape index (κ2) is 6.60. The standard InChI is InChI=1S/C15H16BrClN2O/c16-12-6-5-11(9-13(12)17)14(20)19-15(10-18)7-3-1-2-4-8-15/h5-6,9H,1-4,7-8H2,(H,19,20). The van der Waals surface area contributed by atoms with Gasteiger partial charge in [-0.15, -0.1) is 0 Å². The number of hydrogen-bond donors (Lipinski definition) is 1. The van der Waals surface area contributed by atoms with Gasteiger partial charge in [-0.2, -0.15) is 5.26 Å². The Labute approximate surface area is 132 Å². The van der Waals surface area contributed by atoms with E-state index in [2.05, 4.69) is 27.3 Å². The van der Waals surface area contributed by atoms with E-state index < -0.39 is 5.54 Å². The van der Waals surface area contributed by atoms with Crippen LogP contribution >= 0.6 is 27.5 Å². The third kappa shape index (κ3) is 3.53. The quantitative estimate of drug-likeness (QED) is 0.797. The molecule has 1 fully saturated rings. The number of hydrogen-bond acceptors (Lipinski definition) is 2. The summed E-state index contributed by atoms with van der Waals surface area (Å²) in [4.78, 5) is 12.3. The van der Waals surface area contributed by atoms with E-state index in [0.717, 1.165) is 43.0 Å². The van der Waals surface area contributed by atoms with Crippen LogP contribution in [0.4, 0.5) is 0 Å². The maximum absolute atomic E-state index is 12.3. The molecule has 1 aromatic rings. The van der Waals surface area contributed by atoms with Crippen molar-refractivity contribution < 1.29 is 4.79 Å². The molecule has 0 unspecified atom stereocenters. The normalized spacial score (nSPS) is 17.9. The van der Waals surface area contributed by atoms with Crippen molar-refractivity contribution in [2.75, 3.05) is 0 Å². The smallest absolute Gasteiger partial charge is 0.252 e. The molecule has 0 bridgehead atoms. The number of nitrogens with zero attached hydrogens (tertiary/aromatic N) is 1. The minimum Gasteiger partial charge on any atom is -0.334 e. The summed E-state index contributed by atoms with van der Waals surface area (Å²) in [5.41, 5.74) is -0.246. The summed E-state index contributed by atoms with van der Waals surface area (Å²) in [7, 11) is 0. The molecule has 5 heteroatoms. The Morgan fingerprint density at radius 3 is 2.50 bits per heavy atom. The van der Waals surface area contributed by atoms with Gasteiger partial charge in [-0.1, -0.05) is 37.3 Å². The lowest BCUT2D eigenvalue weighted by atomic mass is 9.91. The van der Waals surface area contributed by atoms with Crippen LogP contribution in [-0.2, 0) is 0 Å². The first-order chi connectivity index (χ1) is 9.56. The van der Waals surface area contributed by atoms with Crippen molar-refractivity contribution in [3.63, 3.8) is 0 Å². The molecule has 0 aromatic heterocycles. The zero-order chi connectivity index (χ0) is 14.6. The molecule has 2 rings (SSSR count). The van der Waals surface area contributed by atoms with Crippen LogP contribution in [0.1, 0.15) is 48.9 Å². The molecule has 0 radical (unpaired) electrons. The molecule has 0 heterocycles. The predicted molar refractivity (Wildman–Crippen MR) is 82.7 cm³/mol.